The number of imidazole rings is 1. The molecule has 2 aliphatic rings. The van der Waals surface area contributed by atoms with Crippen LogP contribution in [0.1, 0.15) is 52.0 Å². The number of ether oxygens (including phenoxy) is 1. The molecule has 0 bridgehead atoms. The summed E-state index contributed by atoms with van der Waals surface area (Å²) in [5.41, 5.74) is 7.11. The highest BCUT2D eigenvalue weighted by Gasteiger charge is 2.33. The van der Waals surface area contributed by atoms with E-state index in [1.54, 1.807) is 39.8 Å². The number of nitriles is 1. The van der Waals surface area contributed by atoms with Crippen molar-refractivity contribution in [2.45, 2.75) is 57.5 Å². The number of hydrogen-bond donors (Lipinski definition) is 1. The zero-order chi connectivity index (χ0) is 31.6. The van der Waals surface area contributed by atoms with Crippen LogP contribution in [0.15, 0.2) is 77.4 Å². The quantitative estimate of drug-likeness (QED) is 0.233. The Morgan fingerprint density at radius 1 is 1.00 bits per heavy atom. The van der Waals surface area contributed by atoms with Gasteiger partial charge in [0.15, 0.2) is 11.5 Å². The first-order valence-electron chi connectivity index (χ1n) is 15.5. The number of amides is 1. The van der Waals surface area contributed by atoms with Crippen molar-refractivity contribution < 1.29 is 9.53 Å². The van der Waals surface area contributed by atoms with Gasteiger partial charge in [0.1, 0.15) is 35.0 Å². The predicted octanol–water partition coefficient (Wildman–Crippen LogP) is 4.83. The van der Waals surface area contributed by atoms with Gasteiger partial charge in [-0.25, -0.2) is 14.8 Å². The van der Waals surface area contributed by atoms with E-state index in [2.05, 4.69) is 34.8 Å². The first kappa shape index (κ1) is 30.1. The number of nitrogens with zero attached hydrogens (tertiary/aromatic N) is 7. The summed E-state index contributed by atoms with van der Waals surface area (Å²) in [7, 11) is 0. The third kappa shape index (κ3) is 6.06. The number of anilines is 1. The van der Waals surface area contributed by atoms with Crippen molar-refractivity contribution in [2.75, 3.05) is 31.9 Å². The molecule has 4 heterocycles. The van der Waals surface area contributed by atoms with E-state index in [0.717, 1.165) is 25.9 Å². The Morgan fingerprint density at radius 2 is 1.71 bits per heavy atom. The molecule has 0 radical (unpaired) electrons. The molecule has 1 atom stereocenters. The molecule has 0 spiro atoms. The van der Waals surface area contributed by atoms with Gasteiger partial charge in [0, 0.05) is 18.6 Å². The molecule has 2 aromatic heterocycles. The fourth-order valence-electron chi connectivity index (χ4n) is 6.50. The van der Waals surface area contributed by atoms with E-state index in [0.29, 0.717) is 47.7 Å². The third-order valence-corrected chi connectivity index (χ3v) is 8.82. The van der Waals surface area contributed by atoms with Crippen molar-refractivity contribution in [1.29, 1.82) is 5.26 Å². The van der Waals surface area contributed by atoms with Gasteiger partial charge in [-0.2, -0.15) is 5.26 Å². The predicted molar refractivity (Wildman–Crippen MR) is 172 cm³/mol. The molecule has 4 aromatic rings. The second kappa shape index (κ2) is 12.6. The summed E-state index contributed by atoms with van der Waals surface area (Å²) in [6.07, 6.45) is 7.93. The molecule has 2 fully saturated rings. The zero-order valence-corrected chi connectivity index (χ0v) is 25.7. The SMILES string of the molecule is CC(C)(C=C(C#N)C(=O)N1CCCC(n2c(=O)n(-c3ccc(Oc4ccccc4)cc3)c3c(N)ncnc32)C1)N1CCCCC1. The lowest BCUT2D eigenvalue weighted by atomic mass is 9.95. The molecule has 1 amide bonds. The minimum absolute atomic E-state index is 0.130. The van der Waals surface area contributed by atoms with Gasteiger partial charge in [-0.3, -0.25) is 18.8 Å². The number of carbonyl (C=O) groups excluding carboxylic acids is 1. The van der Waals surface area contributed by atoms with Crippen LogP contribution in [0.25, 0.3) is 16.9 Å². The van der Waals surface area contributed by atoms with Crippen LogP contribution in [-0.4, -0.2) is 66.5 Å². The molecule has 0 saturated carbocycles. The maximum Gasteiger partial charge on any atom is 0.335 e. The number of aromatic nitrogens is 4. The Hall–Kier alpha value is -4.95. The van der Waals surface area contributed by atoms with E-state index in [4.69, 9.17) is 10.5 Å². The van der Waals surface area contributed by atoms with E-state index >= 15 is 0 Å². The van der Waals surface area contributed by atoms with Crippen LogP contribution in [0.5, 0.6) is 11.5 Å². The summed E-state index contributed by atoms with van der Waals surface area (Å²) in [5, 5.41) is 10.0. The van der Waals surface area contributed by atoms with Gasteiger partial charge < -0.3 is 15.4 Å². The first-order valence-corrected chi connectivity index (χ1v) is 15.5. The smallest absolute Gasteiger partial charge is 0.335 e. The van der Waals surface area contributed by atoms with Gasteiger partial charge in [0.05, 0.1) is 11.7 Å². The van der Waals surface area contributed by atoms with Crippen molar-refractivity contribution >= 4 is 22.9 Å². The van der Waals surface area contributed by atoms with Crippen molar-refractivity contribution in [3.05, 3.63) is 83.1 Å². The zero-order valence-electron chi connectivity index (χ0n) is 25.7. The summed E-state index contributed by atoms with van der Waals surface area (Å²) < 4.78 is 9.06. The van der Waals surface area contributed by atoms with Crippen LogP contribution >= 0.6 is 0 Å². The maximum atomic E-state index is 14.1. The summed E-state index contributed by atoms with van der Waals surface area (Å²) in [5.74, 6) is 1.20. The van der Waals surface area contributed by atoms with E-state index in [9.17, 15) is 14.9 Å². The normalized spacial score (nSPS) is 18.1. The molecule has 6 rings (SSSR count). The van der Waals surface area contributed by atoms with Gasteiger partial charge >= 0.3 is 5.69 Å². The Labute approximate surface area is 262 Å². The molecular weight excluding hydrogens is 568 g/mol. The highest BCUT2D eigenvalue weighted by atomic mass is 16.5. The van der Waals surface area contributed by atoms with Crippen molar-refractivity contribution in [1.82, 2.24) is 28.9 Å². The van der Waals surface area contributed by atoms with Crippen molar-refractivity contribution in [3.8, 4) is 23.3 Å². The number of fused-ring (bicyclic) bond motifs is 1. The fourth-order valence-corrected chi connectivity index (χ4v) is 6.50. The van der Waals surface area contributed by atoms with Gasteiger partial charge in [0.25, 0.3) is 5.91 Å². The molecule has 2 aromatic carbocycles. The van der Waals surface area contributed by atoms with Gasteiger partial charge in [-0.1, -0.05) is 24.6 Å². The average molecular weight is 607 g/mol. The highest BCUT2D eigenvalue weighted by Crippen LogP contribution is 2.30. The van der Waals surface area contributed by atoms with Crippen LogP contribution < -0.4 is 16.2 Å². The van der Waals surface area contributed by atoms with E-state index in [1.807, 2.05) is 30.3 Å². The molecular formula is C34H38N8O3. The minimum Gasteiger partial charge on any atom is -0.457 e. The lowest BCUT2D eigenvalue weighted by Gasteiger charge is -2.39. The lowest BCUT2D eigenvalue weighted by molar-refractivity contribution is -0.128. The van der Waals surface area contributed by atoms with Crippen molar-refractivity contribution in [2.24, 2.45) is 0 Å². The third-order valence-electron chi connectivity index (χ3n) is 8.82. The number of likely N-dealkylation sites (tertiary alicyclic amines) is 2. The number of nitrogen functional groups attached to an aromatic ring is 1. The minimum atomic E-state index is -0.420. The molecule has 1 unspecified atom stereocenters. The van der Waals surface area contributed by atoms with Crippen LogP contribution in [0.2, 0.25) is 0 Å². The number of hydrogen-bond acceptors (Lipinski definition) is 8. The number of benzene rings is 2. The standard InChI is InChI=1S/C34H38N8O3/c1-34(2,40-18-7-4-8-19-40)20-24(21-35)32(43)39-17-9-10-26(22-39)42-31-29(30(36)37-23-38-31)41(33(42)44)25-13-15-28(16-14-25)45-27-11-5-3-6-12-27/h3,5-6,11-16,20,23,26H,4,7-10,17-19,22H2,1-2H3,(H2,36,37,38). The van der Waals surface area contributed by atoms with E-state index in [-0.39, 0.29) is 35.6 Å². The van der Waals surface area contributed by atoms with E-state index in [1.165, 1.54) is 17.3 Å². The number of para-hydroxylation sites is 1. The van der Waals surface area contributed by atoms with Crippen LogP contribution in [-0.2, 0) is 4.79 Å². The number of rotatable bonds is 7. The first-order chi connectivity index (χ1) is 21.8. The molecule has 2 N–H and O–H groups in total. The Morgan fingerprint density at radius 3 is 2.42 bits per heavy atom. The fraction of sp³-hybridized carbons (Fsp3) is 0.382. The van der Waals surface area contributed by atoms with E-state index < -0.39 is 5.54 Å². The topological polar surface area (TPSA) is 135 Å². The summed E-state index contributed by atoms with van der Waals surface area (Å²) in [6.45, 7) is 6.79. The Balaban J connectivity index is 1.30. The molecule has 232 valence electrons. The highest BCUT2D eigenvalue weighted by molar-refractivity contribution is 5.97. The maximum absolute atomic E-state index is 14.1. The average Bonchev–Trinajstić information content (AvgIpc) is 3.37. The molecule has 45 heavy (non-hydrogen) atoms. The molecule has 11 heteroatoms. The largest absolute Gasteiger partial charge is 0.457 e. The number of nitrogens with two attached hydrogens (primary N) is 1. The summed E-state index contributed by atoms with van der Waals surface area (Å²) in [6, 6.07) is 18.4. The van der Waals surface area contributed by atoms with Gasteiger partial charge in [-0.05, 0) is 95.1 Å². The molecule has 11 nitrogen and oxygen atoms in total. The summed E-state index contributed by atoms with van der Waals surface area (Å²) in [4.78, 5) is 40.5. The number of piperidine rings is 2. The second-order valence-corrected chi connectivity index (χ2v) is 12.2. The Bertz CT molecular complexity index is 1810. The van der Waals surface area contributed by atoms with Gasteiger partial charge in [-0.15, -0.1) is 0 Å². The molecule has 2 aliphatic heterocycles. The monoisotopic (exact) mass is 606 g/mol. The Kier molecular flexibility index (Phi) is 8.41. The van der Waals surface area contributed by atoms with Gasteiger partial charge in [0.2, 0.25) is 0 Å². The van der Waals surface area contributed by atoms with Crippen LogP contribution in [0, 0.1) is 11.3 Å². The lowest BCUT2D eigenvalue weighted by Crippen LogP contribution is -2.47. The van der Waals surface area contributed by atoms with Crippen LogP contribution in [0.3, 0.4) is 0 Å². The molecule has 0 aliphatic carbocycles. The second-order valence-electron chi connectivity index (χ2n) is 12.2. The van der Waals surface area contributed by atoms with Crippen molar-refractivity contribution in [3.63, 3.8) is 0 Å². The molecule has 2 saturated heterocycles. The summed E-state index contributed by atoms with van der Waals surface area (Å²) >= 11 is 0. The van der Waals surface area contributed by atoms with Crippen LogP contribution in [0.4, 0.5) is 5.82 Å². The number of carbonyl (C=O) groups is 1.